The Balaban J connectivity index is 1.41. The van der Waals surface area contributed by atoms with Gasteiger partial charge in [0, 0.05) is 32.2 Å². The zero-order valence-corrected chi connectivity index (χ0v) is 14.1. The lowest BCUT2D eigenvalue weighted by Gasteiger charge is -2.37. The van der Waals surface area contributed by atoms with Gasteiger partial charge in [-0.1, -0.05) is 19.3 Å². The highest BCUT2D eigenvalue weighted by molar-refractivity contribution is 5.79. The Morgan fingerprint density at radius 3 is 2.48 bits per heavy atom. The van der Waals surface area contributed by atoms with Gasteiger partial charge in [-0.2, -0.15) is 0 Å². The maximum absolute atomic E-state index is 13.0. The molecule has 1 saturated carbocycles. The molecule has 0 aromatic heterocycles. The Bertz CT molecular complexity index is 418. The molecule has 0 aromatic carbocycles. The lowest BCUT2D eigenvalue weighted by atomic mass is 9.82. The molecular formula is C18H30N2O3. The zero-order chi connectivity index (χ0) is 15.6. The van der Waals surface area contributed by atoms with Crippen LogP contribution >= 0.6 is 0 Å². The van der Waals surface area contributed by atoms with Gasteiger partial charge in [-0.15, -0.1) is 0 Å². The molecule has 0 N–H and O–H groups in total. The van der Waals surface area contributed by atoms with E-state index in [1.165, 1.54) is 32.1 Å². The van der Waals surface area contributed by atoms with E-state index in [0.717, 1.165) is 38.8 Å². The van der Waals surface area contributed by atoms with Gasteiger partial charge in [0.15, 0.2) is 0 Å². The van der Waals surface area contributed by atoms with Crippen LogP contribution in [0.25, 0.3) is 0 Å². The first kappa shape index (κ1) is 15.9. The van der Waals surface area contributed by atoms with E-state index in [1.807, 2.05) is 4.90 Å². The highest BCUT2D eigenvalue weighted by atomic mass is 16.5. The van der Waals surface area contributed by atoms with Gasteiger partial charge in [-0.05, 0) is 24.7 Å². The van der Waals surface area contributed by atoms with Crippen LogP contribution in [0.5, 0.6) is 0 Å². The number of fused-ring (bicyclic) bond motifs is 1. The molecule has 0 spiro atoms. The molecule has 0 unspecified atom stereocenters. The third-order valence-electron chi connectivity index (χ3n) is 6.40. The number of morpholine rings is 1. The second-order valence-electron chi connectivity index (χ2n) is 7.75. The zero-order valence-electron chi connectivity index (χ0n) is 14.1. The van der Waals surface area contributed by atoms with Gasteiger partial charge >= 0.3 is 0 Å². The first-order chi connectivity index (χ1) is 11.3. The number of carbonyl (C=O) groups excluding carboxylic acids is 1. The highest BCUT2D eigenvalue weighted by Crippen LogP contribution is 2.38. The Labute approximate surface area is 139 Å². The Kier molecular flexibility index (Phi) is 4.88. The number of likely N-dealkylation sites (tertiary alicyclic amines) is 1. The van der Waals surface area contributed by atoms with Crippen LogP contribution in [0, 0.1) is 17.8 Å². The van der Waals surface area contributed by atoms with E-state index < -0.39 is 0 Å². The van der Waals surface area contributed by atoms with Crippen molar-refractivity contribution in [3.8, 4) is 0 Å². The van der Waals surface area contributed by atoms with Gasteiger partial charge in [0.05, 0.1) is 32.3 Å². The SMILES string of the molecule is O=C([C@@H]1COC[C@@H]2CN(C3CCCCC3)C[C@@H]21)N1CCOCC1. The minimum Gasteiger partial charge on any atom is -0.380 e. The van der Waals surface area contributed by atoms with Gasteiger partial charge in [-0.25, -0.2) is 0 Å². The molecule has 4 rings (SSSR count). The first-order valence-corrected chi connectivity index (χ1v) is 9.51. The smallest absolute Gasteiger partial charge is 0.228 e. The fourth-order valence-corrected chi connectivity index (χ4v) is 5.05. The number of carbonyl (C=O) groups is 1. The summed E-state index contributed by atoms with van der Waals surface area (Å²) in [5.41, 5.74) is 0. The fourth-order valence-electron chi connectivity index (χ4n) is 5.05. The summed E-state index contributed by atoms with van der Waals surface area (Å²) in [4.78, 5) is 17.6. The van der Waals surface area contributed by atoms with Crippen molar-refractivity contribution in [3.05, 3.63) is 0 Å². The van der Waals surface area contributed by atoms with Crippen molar-refractivity contribution in [2.45, 2.75) is 38.1 Å². The van der Waals surface area contributed by atoms with E-state index in [1.54, 1.807) is 0 Å². The van der Waals surface area contributed by atoms with Crippen LogP contribution in [0.1, 0.15) is 32.1 Å². The molecule has 4 aliphatic rings. The van der Waals surface area contributed by atoms with E-state index >= 15 is 0 Å². The van der Waals surface area contributed by atoms with Crippen molar-refractivity contribution in [2.24, 2.45) is 17.8 Å². The molecule has 5 nitrogen and oxygen atoms in total. The van der Waals surface area contributed by atoms with E-state index in [0.29, 0.717) is 37.6 Å². The lowest BCUT2D eigenvalue weighted by Crippen LogP contribution is -2.49. The summed E-state index contributed by atoms with van der Waals surface area (Å²) in [6.07, 6.45) is 6.86. The molecular weight excluding hydrogens is 292 g/mol. The number of ether oxygens (including phenoxy) is 2. The monoisotopic (exact) mass is 322 g/mol. The molecule has 1 aliphatic carbocycles. The van der Waals surface area contributed by atoms with Gasteiger partial charge in [0.1, 0.15) is 0 Å². The summed E-state index contributed by atoms with van der Waals surface area (Å²) in [6, 6.07) is 0.758. The summed E-state index contributed by atoms with van der Waals surface area (Å²) in [7, 11) is 0. The topological polar surface area (TPSA) is 42.0 Å². The van der Waals surface area contributed by atoms with E-state index in [9.17, 15) is 4.79 Å². The average Bonchev–Trinajstić information content (AvgIpc) is 3.07. The summed E-state index contributed by atoms with van der Waals surface area (Å²) >= 11 is 0. The van der Waals surface area contributed by atoms with Gasteiger partial charge in [0.2, 0.25) is 5.91 Å². The largest absolute Gasteiger partial charge is 0.380 e. The van der Waals surface area contributed by atoms with Gasteiger partial charge in [0.25, 0.3) is 0 Å². The molecule has 5 heteroatoms. The van der Waals surface area contributed by atoms with Gasteiger partial charge in [-0.3, -0.25) is 9.69 Å². The average molecular weight is 322 g/mol. The quantitative estimate of drug-likeness (QED) is 0.770. The summed E-state index contributed by atoms with van der Waals surface area (Å²) in [6.45, 7) is 6.58. The van der Waals surface area contributed by atoms with Gasteiger partial charge < -0.3 is 14.4 Å². The van der Waals surface area contributed by atoms with Crippen LogP contribution in [0.15, 0.2) is 0 Å². The number of amides is 1. The third-order valence-corrected chi connectivity index (χ3v) is 6.40. The molecule has 3 aliphatic heterocycles. The minimum absolute atomic E-state index is 0.0699. The Hall–Kier alpha value is -0.650. The van der Waals surface area contributed by atoms with Crippen molar-refractivity contribution in [2.75, 3.05) is 52.6 Å². The first-order valence-electron chi connectivity index (χ1n) is 9.51. The standard InChI is InChI=1S/C18H30N2O3/c21-18(19-6-8-22-9-7-19)17-13-23-12-14-10-20(11-16(14)17)15-4-2-1-3-5-15/h14-17H,1-13H2/t14-,16-,17+/m0/s1. The maximum Gasteiger partial charge on any atom is 0.228 e. The van der Waals surface area contributed by atoms with Crippen molar-refractivity contribution >= 4 is 5.91 Å². The molecule has 0 radical (unpaired) electrons. The molecule has 0 bridgehead atoms. The number of hydrogen-bond donors (Lipinski definition) is 0. The van der Waals surface area contributed by atoms with E-state index in [-0.39, 0.29) is 5.92 Å². The third kappa shape index (κ3) is 3.28. The Morgan fingerprint density at radius 1 is 0.913 bits per heavy atom. The fraction of sp³-hybridized carbons (Fsp3) is 0.944. The van der Waals surface area contributed by atoms with Crippen LogP contribution in [0.2, 0.25) is 0 Å². The predicted octanol–water partition coefficient (Wildman–Crippen LogP) is 1.37. The van der Waals surface area contributed by atoms with Crippen LogP contribution in [-0.2, 0) is 14.3 Å². The maximum atomic E-state index is 13.0. The van der Waals surface area contributed by atoms with Crippen molar-refractivity contribution in [1.29, 1.82) is 0 Å². The van der Waals surface area contributed by atoms with E-state index in [2.05, 4.69) is 4.90 Å². The summed E-state index contributed by atoms with van der Waals surface area (Å²) in [5, 5.41) is 0. The predicted molar refractivity (Wildman–Crippen MR) is 87.1 cm³/mol. The normalized spacial score (nSPS) is 36.9. The van der Waals surface area contributed by atoms with E-state index in [4.69, 9.17) is 9.47 Å². The van der Waals surface area contributed by atoms with Crippen LogP contribution < -0.4 is 0 Å². The van der Waals surface area contributed by atoms with Crippen LogP contribution in [0.3, 0.4) is 0 Å². The molecule has 3 heterocycles. The molecule has 1 amide bonds. The minimum atomic E-state index is 0.0699. The number of nitrogens with zero attached hydrogens (tertiary/aromatic N) is 2. The van der Waals surface area contributed by atoms with Crippen LogP contribution in [-0.4, -0.2) is 74.4 Å². The molecule has 0 aromatic rings. The molecule has 3 saturated heterocycles. The second-order valence-corrected chi connectivity index (χ2v) is 7.75. The van der Waals surface area contributed by atoms with Crippen molar-refractivity contribution in [3.63, 3.8) is 0 Å². The molecule has 4 fully saturated rings. The lowest BCUT2D eigenvalue weighted by molar-refractivity contribution is -0.148. The molecule has 3 atom stereocenters. The second kappa shape index (κ2) is 7.08. The van der Waals surface area contributed by atoms with Crippen molar-refractivity contribution < 1.29 is 14.3 Å². The number of rotatable bonds is 2. The van der Waals surface area contributed by atoms with Crippen molar-refractivity contribution in [1.82, 2.24) is 9.80 Å². The highest BCUT2D eigenvalue weighted by Gasteiger charge is 2.46. The Morgan fingerprint density at radius 2 is 1.70 bits per heavy atom. The van der Waals surface area contributed by atoms with Crippen LogP contribution in [0.4, 0.5) is 0 Å². The molecule has 23 heavy (non-hydrogen) atoms. The number of hydrogen-bond acceptors (Lipinski definition) is 4. The summed E-state index contributed by atoms with van der Waals surface area (Å²) in [5.74, 6) is 1.44. The molecule has 130 valence electrons. The summed E-state index contributed by atoms with van der Waals surface area (Å²) < 4.78 is 11.2.